The Kier molecular flexibility index (Phi) is 3.01. The van der Waals surface area contributed by atoms with Crippen LogP contribution in [0.1, 0.15) is 45.1 Å². The molecule has 2 bridgehead atoms. The Hall–Kier alpha value is -1.68. The molecule has 148 valence electrons. The van der Waals surface area contributed by atoms with Crippen molar-refractivity contribution in [2.45, 2.75) is 62.8 Å². The van der Waals surface area contributed by atoms with Gasteiger partial charge < -0.3 is 9.47 Å². The first-order chi connectivity index (χ1) is 13.3. The van der Waals surface area contributed by atoms with Crippen molar-refractivity contribution in [3.8, 4) is 5.75 Å². The molecule has 0 unspecified atom stereocenters. The Balaban J connectivity index is 1.63. The third-order valence-electron chi connectivity index (χ3n) is 9.29. The second-order valence-corrected chi connectivity index (χ2v) is 10.00. The lowest BCUT2D eigenvalue weighted by Gasteiger charge is -2.51. The van der Waals surface area contributed by atoms with Crippen LogP contribution >= 0.6 is 0 Å². The number of carbonyl (C=O) groups excluding carboxylic acids is 1. The van der Waals surface area contributed by atoms with Crippen LogP contribution < -0.4 is 4.74 Å². The van der Waals surface area contributed by atoms with Crippen LogP contribution in [-0.2, 0) is 14.9 Å². The van der Waals surface area contributed by atoms with Gasteiger partial charge in [0, 0.05) is 22.7 Å². The number of fused-ring (bicyclic) bond motifs is 3. The predicted octanol–water partition coefficient (Wildman–Crippen LogP) is 4.39. The zero-order chi connectivity index (χ0) is 19.5. The van der Waals surface area contributed by atoms with E-state index in [1.54, 1.807) is 14.0 Å². The zero-order valence-corrected chi connectivity index (χ0v) is 16.7. The summed E-state index contributed by atoms with van der Waals surface area (Å²) in [7, 11) is 1.66. The van der Waals surface area contributed by atoms with Gasteiger partial charge in [-0.2, -0.15) is 0 Å². The van der Waals surface area contributed by atoms with Crippen LogP contribution in [0.25, 0.3) is 0 Å². The summed E-state index contributed by atoms with van der Waals surface area (Å²) in [6.45, 7) is 4.02. The van der Waals surface area contributed by atoms with E-state index in [1.807, 2.05) is 12.1 Å². The Labute approximate surface area is 165 Å². The number of epoxide rings is 1. The van der Waals surface area contributed by atoms with Crippen molar-refractivity contribution < 1.29 is 18.7 Å². The molecular weight excluding hydrogens is 355 g/mol. The maximum atomic E-state index is 16.3. The van der Waals surface area contributed by atoms with Gasteiger partial charge in [0.1, 0.15) is 23.6 Å². The van der Waals surface area contributed by atoms with E-state index in [-0.39, 0.29) is 28.4 Å². The van der Waals surface area contributed by atoms with E-state index in [2.05, 4.69) is 31.2 Å². The number of hydrogen-bond donors (Lipinski definition) is 0. The van der Waals surface area contributed by atoms with E-state index in [0.717, 1.165) is 37.0 Å². The number of hydrogen-bond acceptors (Lipinski definition) is 3. The fraction of sp³-hybridized carbons (Fsp3) is 0.625. The summed E-state index contributed by atoms with van der Waals surface area (Å²) in [4.78, 5) is 13.6. The number of halogens is 1. The number of ketones is 1. The summed E-state index contributed by atoms with van der Waals surface area (Å²) in [6, 6.07) is 8.11. The van der Waals surface area contributed by atoms with Gasteiger partial charge in [0.15, 0.2) is 5.78 Å². The van der Waals surface area contributed by atoms with Crippen LogP contribution in [0.2, 0.25) is 0 Å². The van der Waals surface area contributed by atoms with Crippen LogP contribution in [0.15, 0.2) is 36.4 Å². The molecule has 3 nitrogen and oxygen atoms in total. The van der Waals surface area contributed by atoms with Crippen LogP contribution in [0.3, 0.4) is 0 Å². The molecule has 1 aromatic rings. The number of methoxy groups -OCH3 is 1. The summed E-state index contributed by atoms with van der Waals surface area (Å²) < 4.78 is 27.3. The molecule has 0 radical (unpaired) electrons. The summed E-state index contributed by atoms with van der Waals surface area (Å²) in [5, 5.41) is 0. The molecule has 1 heterocycles. The minimum absolute atomic E-state index is 0.125. The summed E-state index contributed by atoms with van der Waals surface area (Å²) in [5.74, 6) is 0.259. The lowest BCUT2D eigenvalue weighted by Crippen LogP contribution is -2.56. The number of Topliss-reactive ketones (excluding diaryl/α,β-unsaturated/α-hetero) is 1. The molecule has 0 N–H and O–H groups in total. The van der Waals surface area contributed by atoms with Crippen molar-refractivity contribution in [1.29, 1.82) is 0 Å². The Morgan fingerprint density at radius 1 is 1.11 bits per heavy atom. The van der Waals surface area contributed by atoms with E-state index in [1.165, 1.54) is 0 Å². The highest BCUT2D eigenvalue weighted by Crippen LogP contribution is 2.82. The monoisotopic (exact) mass is 382 g/mol. The van der Waals surface area contributed by atoms with Gasteiger partial charge in [-0.15, -0.1) is 0 Å². The second kappa shape index (κ2) is 4.89. The van der Waals surface area contributed by atoms with E-state index in [9.17, 15) is 4.79 Å². The lowest BCUT2D eigenvalue weighted by molar-refractivity contribution is -0.133. The smallest absolute Gasteiger partial charge is 0.169 e. The maximum Gasteiger partial charge on any atom is 0.169 e. The third kappa shape index (κ3) is 1.55. The molecule has 4 fully saturated rings. The Bertz CT molecular complexity index is 905. The average molecular weight is 382 g/mol. The van der Waals surface area contributed by atoms with E-state index >= 15 is 4.39 Å². The summed E-state index contributed by atoms with van der Waals surface area (Å²) >= 11 is 0. The van der Waals surface area contributed by atoms with Gasteiger partial charge in [-0.25, -0.2) is 4.39 Å². The Morgan fingerprint density at radius 3 is 2.54 bits per heavy atom. The van der Waals surface area contributed by atoms with Crippen molar-refractivity contribution in [1.82, 2.24) is 0 Å². The van der Waals surface area contributed by atoms with Gasteiger partial charge in [-0.1, -0.05) is 44.1 Å². The molecule has 3 saturated carbocycles. The number of ether oxygens (including phenoxy) is 2. The van der Waals surface area contributed by atoms with E-state index in [4.69, 9.17) is 9.47 Å². The SMILES string of the molecule is COc1ccc([C@@]23C=C[C@]4(CCCC[C@@]42C)[C@@H]2[C@H]3C(=O)[C@H]3O[C@H]3[C@]2(C)F)cc1. The first kappa shape index (κ1) is 17.2. The molecular formula is C24H27FO3. The molecule has 1 saturated heterocycles. The number of alkyl halides is 1. The van der Waals surface area contributed by atoms with Gasteiger partial charge in [0.05, 0.1) is 7.11 Å². The molecule has 6 rings (SSSR count). The predicted molar refractivity (Wildman–Crippen MR) is 103 cm³/mol. The van der Waals surface area contributed by atoms with Crippen molar-refractivity contribution >= 4 is 5.78 Å². The zero-order valence-electron chi connectivity index (χ0n) is 16.7. The molecule has 1 aromatic carbocycles. The molecule has 0 aromatic heterocycles. The minimum atomic E-state index is -1.47. The number of benzene rings is 1. The molecule has 0 spiro atoms. The molecule has 8 atom stereocenters. The molecule has 5 aliphatic rings. The van der Waals surface area contributed by atoms with Crippen molar-refractivity contribution in [3.05, 3.63) is 42.0 Å². The van der Waals surface area contributed by atoms with Gasteiger partial charge in [-0.3, -0.25) is 4.79 Å². The van der Waals surface area contributed by atoms with E-state index < -0.39 is 23.3 Å². The molecule has 4 heteroatoms. The van der Waals surface area contributed by atoms with Gasteiger partial charge >= 0.3 is 0 Å². The third-order valence-corrected chi connectivity index (χ3v) is 9.29. The van der Waals surface area contributed by atoms with Gasteiger partial charge in [-0.05, 0) is 42.9 Å². The molecule has 1 aliphatic heterocycles. The highest BCUT2D eigenvalue weighted by atomic mass is 19.1. The highest BCUT2D eigenvalue weighted by Gasteiger charge is 2.85. The van der Waals surface area contributed by atoms with E-state index in [0.29, 0.717) is 0 Å². The molecule has 4 aliphatic carbocycles. The van der Waals surface area contributed by atoms with Crippen molar-refractivity contribution in [2.24, 2.45) is 22.7 Å². The fourth-order valence-electron chi connectivity index (χ4n) is 8.13. The van der Waals surface area contributed by atoms with Crippen LogP contribution in [0, 0.1) is 22.7 Å². The lowest BCUT2D eigenvalue weighted by atomic mass is 9.52. The quantitative estimate of drug-likeness (QED) is 0.562. The van der Waals surface area contributed by atoms with Crippen LogP contribution in [0.5, 0.6) is 5.75 Å². The first-order valence-corrected chi connectivity index (χ1v) is 10.6. The van der Waals surface area contributed by atoms with Crippen LogP contribution in [-0.4, -0.2) is 30.8 Å². The second-order valence-electron chi connectivity index (χ2n) is 10.00. The number of carbonyl (C=O) groups is 1. The summed E-state index contributed by atoms with van der Waals surface area (Å²) in [6.07, 6.45) is 7.69. The number of allylic oxidation sites excluding steroid dienone is 2. The summed E-state index contributed by atoms with van der Waals surface area (Å²) in [5.41, 5.74) is -1.24. The Morgan fingerprint density at radius 2 is 1.82 bits per heavy atom. The van der Waals surface area contributed by atoms with Gasteiger partial charge in [0.25, 0.3) is 0 Å². The normalized spacial score (nSPS) is 52.8. The van der Waals surface area contributed by atoms with Crippen molar-refractivity contribution in [2.75, 3.05) is 7.11 Å². The first-order valence-electron chi connectivity index (χ1n) is 10.6. The van der Waals surface area contributed by atoms with Crippen molar-refractivity contribution in [3.63, 3.8) is 0 Å². The largest absolute Gasteiger partial charge is 0.497 e. The maximum absolute atomic E-state index is 16.3. The highest BCUT2D eigenvalue weighted by molar-refractivity contribution is 5.93. The minimum Gasteiger partial charge on any atom is -0.497 e. The standard InChI is InChI=1S/C24H27FO3/c1-21-10-4-5-11-23(21)12-13-24(21,14-6-8-15(27-3)9-7-14)16-17(26)18-20(28-18)22(2,25)19(16)23/h6-9,12-13,16,18-20H,4-5,10-11H2,1-3H3/t16-,18-,19-,20-,21+,22-,23-,24-/m1/s1. The molecule has 28 heavy (non-hydrogen) atoms. The topological polar surface area (TPSA) is 38.8 Å². The molecule has 0 amide bonds. The van der Waals surface area contributed by atoms with Gasteiger partial charge in [0.2, 0.25) is 0 Å². The number of rotatable bonds is 2. The van der Waals surface area contributed by atoms with Crippen LogP contribution in [0.4, 0.5) is 4.39 Å². The fourth-order valence-corrected chi connectivity index (χ4v) is 8.13. The average Bonchev–Trinajstić information content (AvgIpc) is 3.43.